The Morgan fingerprint density at radius 3 is 2.72 bits per heavy atom. The number of ether oxygens (including phenoxy) is 1. The maximum absolute atomic E-state index is 14.3. The lowest BCUT2D eigenvalue weighted by Gasteiger charge is -2.15. The molecule has 2 aromatic carbocycles. The quantitative estimate of drug-likeness (QED) is 0.203. The van der Waals surface area contributed by atoms with Crippen molar-refractivity contribution in [1.29, 1.82) is 0 Å². The lowest BCUT2D eigenvalue weighted by atomic mass is 10.1. The van der Waals surface area contributed by atoms with Crippen molar-refractivity contribution < 1.29 is 18.7 Å². The molecule has 11 heteroatoms. The van der Waals surface area contributed by atoms with Gasteiger partial charge in [0.25, 0.3) is 0 Å². The number of rotatable bonds is 9. The molecule has 32 heavy (non-hydrogen) atoms. The standard InChI is InChI=1S/C21H18Br2FN5O3/c1-2-19(30)28-17-8-13-16(9-18(17)32-6-5-25-20(31)10-22)26-11-27-21(13)29-15-4-3-12(23)7-14(15)24/h2-4,7-9,11H,1,5-6,10H2,(H,25,31)(H,28,30)(H,26,27,29). The smallest absolute Gasteiger partial charge is 0.247 e. The second-order valence-electron chi connectivity index (χ2n) is 6.36. The first kappa shape index (κ1) is 23.6. The van der Waals surface area contributed by atoms with Crippen LogP contribution in [0.1, 0.15) is 0 Å². The largest absolute Gasteiger partial charge is 0.489 e. The van der Waals surface area contributed by atoms with Gasteiger partial charge in [-0.25, -0.2) is 14.4 Å². The zero-order chi connectivity index (χ0) is 23.1. The maximum atomic E-state index is 14.3. The molecule has 3 aromatic rings. The van der Waals surface area contributed by atoms with Gasteiger partial charge in [-0.05, 0) is 30.3 Å². The van der Waals surface area contributed by atoms with Crippen LogP contribution in [0, 0.1) is 5.82 Å². The summed E-state index contributed by atoms with van der Waals surface area (Å²) in [4.78, 5) is 31.7. The van der Waals surface area contributed by atoms with Gasteiger partial charge in [0.15, 0.2) is 0 Å². The van der Waals surface area contributed by atoms with Gasteiger partial charge in [-0.15, -0.1) is 0 Å². The highest BCUT2D eigenvalue weighted by molar-refractivity contribution is 9.10. The van der Waals surface area contributed by atoms with E-state index in [2.05, 4.69) is 64.4 Å². The van der Waals surface area contributed by atoms with Crippen LogP contribution in [0.3, 0.4) is 0 Å². The summed E-state index contributed by atoms with van der Waals surface area (Å²) >= 11 is 6.29. The molecule has 0 aliphatic rings. The number of amides is 2. The molecule has 8 nitrogen and oxygen atoms in total. The van der Waals surface area contributed by atoms with Crippen LogP contribution in [0.5, 0.6) is 5.75 Å². The van der Waals surface area contributed by atoms with Gasteiger partial charge in [0.2, 0.25) is 11.8 Å². The molecule has 0 bridgehead atoms. The Labute approximate surface area is 199 Å². The average Bonchev–Trinajstić information content (AvgIpc) is 2.78. The minimum absolute atomic E-state index is 0.168. The number of nitrogens with zero attached hydrogens (tertiary/aromatic N) is 2. The van der Waals surface area contributed by atoms with Crippen LogP contribution >= 0.6 is 31.9 Å². The summed E-state index contributed by atoms with van der Waals surface area (Å²) in [6, 6.07) is 7.87. The van der Waals surface area contributed by atoms with Crippen molar-refractivity contribution in [2.45, 2.75) is 0 Å². The van der Waals surface area contributed by atoms with E-state index in [4.69, 9.17) is 4.74 Å². The predicted octanol–water partition coefficient (Wildman–Crippen LogP) is 4.29. The summed E-state index contributed by atoms with van der Waals surface area (Å²) in [6.45, 7) is 3.90. The second kappa shape index (κ2) is 11.0. The molecule has 3 N–H and O–H groups in total. The number of alkyl halides is 1. The number of carbonyl (C=O) groups is 2. The van der Waals surface area contributed by atoms with E-state index in [1.807, 2.05) is 0 Å². The monoisotopic (exact) mass is 565 g/mol. The third kappa shape index (κ3) is 6.01. The van der Waals surface area contributed by atoms with Gasteiger partial charge < -0.3 is 20.7 Å². The van der Waals surface area contributed by atoms with E-state index in [1.54, 1.807) is 24.3 Å². The van der Waals surface area contributed by atoms with Crippen LogP contribution < -0.4 is 20.7 Å². The van der Waals surface area contributed by atoms with E-state index in [1.165, 1.54) is 12.4 Å². The van der Waals surface area contributed by atoms with Gasteiger partial charge in [0, 0.05) is 15.9 Å². The van der Waals surface area contributed by atoms with Crippen LogP contribution in [0.4, 0.5) is 21.6 Å². The number of halogens is 3. The molecular formula is C21H18Br2FN5O3. The number of anilines is 3. The van der Waals surface area contributed by atoms with Gasteiger partial charge in [-0.2, -0.15) is 0 Å². The number of fused-ring (bicyclic) bond motifs is 1. The van der Waals surface area contributed by atoms with Crippen molar-refractivity contribution >= 4 is 71.8 Å². The third-order valence-corrected chi connectivity index (χ3v) is 5.17. The molecule has 0 spiro atoms. The third-order valence-electron chi connectivity index (χ3n) is 4.17. The Morgan fingerprint density at radius 2 is 2.00 bits per heavy atom. The summed E-state index contributed by atoms with van der Waals surface area (Å²) in [5, 5.41) is 9.03. The van der Waals surface area contributed by atoms with Crippen LogP contribution in [0.2, 0.25) is 0 Å². The van der Waals surface area contributed by atoms with Gasteiger partial charge in [0.05, 0.1) is 28.8 Å². The zero-order valence-electron chi connectivity index (χ0n) is 16.6. The van der Waals surface area contributed by atoms with Crippen molar-refractivity contribution in [1.82, 2.24) is 15.3 Å². The summed E-state index contributed by atoms with van der Waals surface area (Å²) in [5.74, 6) is -0.374. The summed E-state index contributed by atoms with van der Waals surface area (Å²) < 4.78 is 20.7. The normalized spacial score (nSPS) is 10.5. The summed E-state index contributed by atoms with van der Waals surface area (Å²) in [7, 11) is 0. The highest BCUT2D eigenvalue weighted by atomic mass is 79.9. The van der Waals surface area contributed by atoms with Crippen molar-refractivity contribution in [3.8, 4) is 5.75 Å². The van der Waals surface area contributed by atoms with Crippen molar-refractivity contribution in [2.24, 2.45) is 0 Å². The Bertz CT molecular complexity index is 1180. The highest BCUT2D eigenvalue weighted by Gasteiger charge is 2.14. The molecule has 1 aromatic heterocycles. The minimum atomic E-state index is -0.461. The topological polar surface area (TPSA) is 105 Å². The van der Waals surface area contributed by atoms with E-state index in [9.17, 15) is 14.0 Å². The first-order valence-electron chi connectivity index (χ1n) is 9.31. The van der Waals surface area contributed by atoms with Crippen LogP contribution in [-0.2, 0) is 9.59 Å². The zero-order valence-corrected chi connectivity index (χ0v) is 19.8. The van der Waals surface area contributed by atoms with E-state index < -0.39 is 11.7 Å². The van der Waals surface area contributed by atoms with Crippen LogP contribution in [-0.4, -0.2) is 40.3 Å². The fourth-order valence-electron chi connectivity index (χ4n) is 2.70. The lowest BCUT2D eigenvalue weighted by molar-refractivity contribution is -0.118. The van der Waals surface area contributed by atoms with E-state index >= 15 is 0 Å². The van der Waals surface area contributed by atoms with E-state index in [-0.39, 0.29) is 30.1 Å². The molecule has 166 valence electrons. The molecule has 0 atom stereocenters. The predicted molar refractivity (Wildman–Crippen MR) is 128 cm³/mol. The fourth-order valence-corrected chi connectivity index (χ4v) is 3.23. The number of hydrogen-bond donors (Lipinski definition) is 3. The molecule has 0 radical (unpaired) electrons. The van der Waals surface area contributed by atoms with Gasteiger partial charge >= 0.3 is 0 Å². The number of nitrogens with one attached hydrogen (secondary N) is 3. The molecule has 0 saturated heterocycles. The Hall–Kier alpha value is -3.05. The Balaban J connectivity index is 1.94. The average molecular weight is 567 g/mol. The van der Waals surface area contributed by atoms with Gasteiger partial charge in [-0.1, -0.05) is 38.4 Å². The van der Waals surface area contributed by atoms with Crippen molar-refractivity contribution in [2.75, 3.05) is 29.1 Å². The van der Waals surface area contributed by atoms with E-state index in [0.29, 0.717) is 32.6 Å². The molecule has 1 heterocycles. The first-order valence-corrected chi connectivity index (χ1v) is 11.2. The Kier molecular flexibility index (Phi) is 8.12. The fraction of sp³-hybridized carbons (Fsp3) is 0.143. The molecule has 2 amide bonds. The number of benzene rings is 2. The maximum Gasteiger partial charge on any atom is 0.247 e. The number of hydrogen-bond acceptors (Lipinski definition) is 6. The highest BCUT2D eigenvalue weighted by Crippen LogP contribution is 2.34. The molecular weight excluding hydrogens is 549 g/mol. The summed E-state index contributed by atoms with van der Waals surface area (Å²) in [6.07, 6.45) is 2.46. The molecule has 3 rings (SSSR count). The molecule has 0 aliphatic carbocycles. The molecule has 0 aliphatic heterocycles. The second-order valence-corrected chi connectivity index (χ2v) is 7.84. The molecule has 0 saturated carbocycles. The first-order chi connectivity index (χ1) is 15.4. The van der Waals surface area contributed by atoms with Crippen LogP contribution in [0.15, 0.2) is 53.8 Å². The number of aromatic nitrogens is 2. The van der Waals surface area contributed by atoms with Gasteiger partial charge in [-0.3, -0.25) is 9.59 Å². The van der Waals surface area contributed by atoms with Crippen molar-refractivity contribution in [3.05, 3.63) is 59.6 Å². The van der Waals surface area contributed by atoms with Gasteiger partial charge in [0.1, 0.15) is 30.3 Å². The van der Waals surface area contributed by atoms with Crippen LogP contribution in [0.25, 0.3) is 10.9 Å². The number of carbonyl (C=O) groups excluding carboxylic acids is 2. The van der Waals surface area contributed by atoms with Crippen molar-refractivity contribution in [3.63, 3.8) is 0 Å². The SMILES string of the molecule is C=CC(=O)Nc1cc2c(Nc3ccc(Br)cc3F)ncnc2cc1OCCNC(=O)CBr. The summed E-state index contributed by atoms with van der Waals surface area (Å²) in [5.41, 5.74) is 1.09. The minimum Gasteiger partial charge on any atom is -0.489 e. The molecule has 0 fully saturated rings. The Morgan fingerprint density at radius 1 is 1.19 bits per heavy atom. The molecule has 0 unspecified atom stereocenters. The lowest BCUT2D eigenvalue weighted by Crippen LogP contribution is -2.28. The van der Waals surface area contributed by atoms with E-state index in [0.717, 1.165) is 6.08 Å².